The van der Waals surface area contributed by atoms with Gasteiger partial charge in [-0.05, 0) is 34.8 Å². The van der Waals surface area contributed by atoms with E-state index in [0.717, 1.165) is 12.8 Å². The van der Waals surface area contributed by atoms with Gasteiger partial charge in [0.2, 0.25) is 0 Å². The molecule has 1 saturated heterocycles. The maximum Gasteiger partial charge on any atom is 0.143 e. The number of hydrogen-bond acceptors (Lipinski definition) is 2. The molecule has 1 aromatic carbocycles. The van der Waals surface area contributed by atoms with Crippen molar-refractivity contribution < 1.29 is 14.2 Å². The predicted octanol–water partition coefficient (Wildman–Crippen LogP) is 3.44. The maximum atomic E-state index is 13.9. The molecule has 2 nitrogen and oxygen atoms in total. The van der Waals surface area contributed by atoms with Gasteiger partial charge in [0.15, 0.2) is 0 Å². The Morgan fingerprint density at radius 1 is 1.59 bits per heavy atom. The smallest absolute Gasteiger partial charge is 0.143 e. The summed E-state index contributed by atoms with van der Waals surface area (Å²) in [5.74, 6) is -0.384. The summed E-state index contributed by atoms with van der Waals surface area (Å²) in [6.07, 6.45) is 0.867. The number of halogens is 2. The zero-order valence-corrected chi connectivity index (χ0v) is 11.3. The Balaban J connectivity index is 2.24. The molecule has 1 heterocycles. The Kier molecular flexibility index (Phi) is 4.17. The van der Waals surface area contributed by atoms with Crippen molar-refractivity contribution in [3.8, 4) is 0 Å². The van der Waals surface area contributed by atoms with Gasteiger partial charge in [-0.1, -0.05) is 19.1 Å². The van der Waals surface area contributed by atoms with E-state index in [1.165, 1.54) is 0 Å². The molecule has 94 valence electrons. The number of ether oxygens (including phenoxy) is 1. The Morgan fingerprint density at radius 3 is 3.06 bits per heavy atom. The lowest BCUT2D eigenvalue weighted by molar-refractivity contribution is 0.0292. The standard InChI is InChI=1S/C13H16BrFO2/c1-2-11-8(6-7-17-11)13(16)9-4-3-5-10(14)12(9)15/h3-5,8,11,13,16H,2,6-7H2,1H3. The molecule has 1 aromatic rings. The number of rotatable bonds is 3. The minimum Gasteiger partial charge on any atom is -0.388 e. The van der Waals surface area contributed by atoms with Crippen LogP contribution in [0.25, 0.3) is 0 Å². The molecule has 17 heavy (non-hydrogen) atoms. The molecular formula is C13H16BrFO2. The number of aliphatic hydroxyl groups is 1. The van der Waals surface area contributed by atoms with Crippen molar-refractivity contribution in [3.05, 3.63) is 34.1 Å². The van der Waals surface area contributed by atoms with Crippen LogP contribution in [0.3, 0.4) is 0 Å². The van der Waals surface area contributed by atoms with Crippen molar-refractivity contribution in [2.45, 2.75) is 32.0 Å². The highest BCUT2D eigenvalue weighted by Gasteiger charge is 2.34. The molecule has 1 N–H and O–H groups in total. The fourth-order valence-electron chi connectivity index (χ4n) is 2.43. The molecule has 3 unspecified atom stereocenters. The summed E-state index contributed by atoms with van der Waals surface area (Å²) in [7, 11) is 0. The van der Waals surface area contributed by atoms with Crippen molar-refractivity contribution in [1.82, 2.24) is 0 Å². The van der Waals surface area contributed by atoms with E-state index < -0.39 is 6.10 Å². The van der Waals surface area contributed by atoms with Gasteiger partial charge in [0.1, 0.15) is 5.82 Å². The normalized spacial score (nSPS) is 26.1. The van der Waals surface area contributed by atoms with E-state index in [1.807, 2.05) is 6.92 Å². The summed E-state index contributed by atoms with van der Waals surface area (Å²) in [5, 5.41) is 10.3. The summed E-state index contributed by atoms with van der Waals surface area (Å²) in [4.78, 5) is 0. The average Bonchev–Trinajstić information content (AvgIpc) is 2.80. The minimum atomic E-state index is -0.792. The van der Waals surface area contributed by atoms with Crippen molar-refractivity contribution in [3.63, 3.8) is 0 Å². The van der Waals surface area contributed by atoms with Gasteiger partial charge in [0.25, 0.3) is 0 Å². The SMILES string of the molecule is CCC1OCCC1C(O)c1cccc(Br)c1F. The molecular weight excluding hydrogens is 287 g/mol. The van der Waals surface area contributed by atoms with Crippen LogP contribution in [-0.2, 0) is 4.74 Å². The Bertz CT molecular complexity index is 397. The van der Waals surface area contributed by atoms with Crippen molar-refractivity contribution >= 4 is 15.9 Å². The second-order valence-corrected chi connectivity index (χ2v) is 5.21. The molecule has 1 aliphatic rings. The second-order valence-electron chi connectivity index (χ2n) is 4.36. The van der Waals surface area contributed by atoms with Gasteiger partial charge in [-0.3, -0.25) is 0 Å². The van der Waals surface area contributed by atoms with E-state index >= 15 is 0 Å². The summed E-state index contributed by atoms with van der Waals surface area (Å²) >= 11 is 3.14. The molecule has 0 aliphatic carbocycles. The van der Waals surface area contributed by atoms with Crippen LogP contribution in [0.2, 0.25) is 0 Å². The van der Waals surface area contributed by atoms with Crippen molar-refractivity contribution in [2.75, 3.05) is 6.61 Å². The van der Waals surface area contributed by atoms with Gasteiger partial charge in [-0.15, -0.1) is 0 Å². The molecule has 0 bridgehead atoms. The van der Waals surface area contributed by atoms with Crippen LogP contribution in [0, 0.1) is 11.7 Å². The molecule has 1 fully saturated rings. The first-order chi connectivity index (χ1) is 8.15. The zero-order chi connectivity index (χ0) is 12.4. The summed E-state index contributed by atoms with van der Waals surface area (Å²) in [6, 6.07) is 5.01. The molecule has 0 spiro atoms. The van der Waals surface area contributed by atoms with E-state index in [1.54, 1.807) is 18.2 Å². The fraction of sp³-hybridized carbons (Fsp3) is 0.538. The van der Waals surface area contributed by atoms with E-state index in [2.05, 4.69) is 15.9 Å². The monoisotopic (exact) mass is 302 g/mol. The third-order valence-electron chi connectivity index (χ3n) is 3.37. The molecule has 1 aliphatic heterocycles. The van der Waals surface area contributed by atoms with Crippen LogP contribution < -0.4 is 0 Å². The summed E-state index contributed by atoms with van der Waals surface area (Å²) in [6.45, 7) is 2.67. The lowest BCUT2D eigenvalue weighted by atomic mass is 9.89. The van der Waals surface area contributed by atoms with Crippen molar-refractivity contribution in [1.29, 1.82) is 0 Å². The highest BCUT2D eigenvalue weighted by atomic mass is 79.9. The van der Waals surface area contributed by atoms with Crippen LogP contribution in [0.15, 0.2) is 22.7 Å². The quantitative estimate of drug-likeness (QED) is 0.927. The molecule has 2 rings (SSSR count). The fourth-order valence-corrected chi connectivity index (χ4v) is 2.81. The molecule has 0 saturated carbocycles. The molecule has 0 aromatic heterocycles. The Labute approximate surface area is 109 Å². The first-order valence-corrected chi connectivity index (χ1v) is 6.68. The van der Waals surface area contributed by atoms with E-state index in [4.69, 9.17) is 4.74 Å². The number of benzene rings is 1. The Hall–Kier alpha value is -0.450. The van der Waals surface area contributed by atoms with E-state index in [0.29, 0.717) is 16.6 Å². The molecule has 0 radical (unpaired) electrons. The lowest BCUT2D eigenvalue weighted by Crippen LogP contribution is -2.22. The molecule has 0 amide bonds. The molecule has 4 heteroatoms. The van der Waals surface area contributed by atoms with Crippen LogP contribution in [0.5, 0.6) is 0 Å². The topological polar surface area (TPSA) is 29.5 Å². The van der Waals surface area contributed by atoms with Gasteiger partial charge in [0.05, 0.1) is 16.7 Å². The van der Waals surface area contributed by atoms with Crippen LogP contribution >= 0.6 is 15.9 Å². The zero-order valence-electron chi connectivity index (χ0n) is 9.70. The molecule has 3 atom stereocenters. The highest BCUT2D eigenvalue weighted by molar-refractivity contribution is 9.10. The number of aliphatic hydroxyl groups excluding tert-OH is 1. The van der Waals surface area contributed by atoms with Gasteiger partial charge in [-0.25, -0.2) is 4.39 Å². The maximum absolute atomic E-state index is 13.9. The van der Waals surface area contributed by atoms with Gasteiger partial charge >= 0.3 is 0 Å². The van der Waals surface area contributed by atoms with E-state index in [9.17, 15) is 9.50 Å². The first kappa shape index (κ1) is 13.0. The summed E-state index contributed by atoms with van der Waals surface area (Å²) in [5.41, 5.74) is 0.355. The van der Waals surface area contributed by atoms with Gasteiger partial charge < -0.3 is 9.84 Å². The Morgan fingerprint density at radius 2 is 2.35 bits per heavy atom. The lowest BCUT2D eigenvalue weighted by Gasteiger charge is -2.23. The number of hydrogen-bond donors (Lipinski definition) is 1. The first-order valence-electron chi connectivity index (χ1n) is 5.88. The largest absolute Gasteiger partial charge is 0.388 e. The van der Waals surface area contributed by atoms with E-state index in [-0.39, 0.29) is 17.8 Å². The third-order valence-corrected chi connectivity index (χ3v) is 3.98. The van der Waals surface area contributed by atoms with Crippen LogP contribution in [0.4, 0.5) is 4.39 Å². The minimum absolute atomic E-state index is 0.0104. The van der Waals surface area contributed by atoms with Crippen LogP contribution in [0.1, 0.15) is 31.4 Å². The predicted molar refractivity (Wildman–Crippen MR) is 67.2 cm³/mol. The third kappa shape index (κ3) is 2.54. The summed E-state index contributed by atoms with van der Waals surface area (Å²) < 4.78 is 19.8. The second kappa shape index (κ2) is 5.46. The van der Waals surface area contributed by atoms with Gasteiger partial charge in [0, 0.05) is 18.1 Å². The van der Waals surface area contributed by atoms with Crippen molar-refractivity contribution in [2.24, 2.45) is 5.92 Å². The average molecular weight is 303 g/mol. The highest BCUT2D eigenvalue weighted by Crippen LogP contribution is 2.36. The van der Waals surface area contributed by atoms with Gasteiger partial charge in [-0.2, -0.15) is 0 Å². The van der Waals surface area contributed by atoms with Crippen LogP contribution in [-0.4, -0.2) is 17.8 Å².